The van der Waals surface area contributed by atoms with E-state index in [4.69, 9.17) is 5.73 Å². The van der Waals surface area contributed by atoms with Crippen LogP contribution in [-0.4, -0.2) is 15.6 Å². The van der Waals surface area contributed by atoms with Crippen LogP contribution in [0, 0.1) is 0 Å². The number of nitrogens with two attached hydrogens (primary N) is 1. The minimum atomic E-state index is 0.590. The van der Waals surface area contributed by atoms with E-state index < -0.39 is 0 Å². The smallest absolute Gasteiger partial charge is 0.146 e. The molecule has 0 spiro atoms. The highest BCUT2D eigenvalue weighted by Gasteiger charge is 2.12. The van der Waals surface area contributed by atoms with Crippen molar-refractivity contribution >= 4 is 29.1 Å². The van der Waals surface area contributed by atoms with Gasteiger partial charge in [0.15, 0.2) is 0 Å². The lowest BCUT2D eigenvalue weighted by molar-refractivity contribution is 1.32. The van der Waals surface area contributed by atoms with Crippen LogP contribution < -0.4 is 5.73 Å². The quantitative estimate of drug-likeness (QED) is 0.795. The molecule has 0 aliphatic heterocycles. The topological polar surface area (TPSA) is 51.8 Å². The largest absolute Gasteiger partial charge is 0.382 e. The number of anilines is 1. The molecule has 0 aliphatic carbocycles. The average molecular weight is 223 g/mol. The van der Waals surface area contributed by atoms with E-state index in [0.717, 1.165) is 15.3 Å². The van der Waals surface area contributed by atoms with Crippen LogP contribution in [0.2, 0.25) is 0 Å². The van der Waals surface area contributed by atoms with E-state index in [9.17, 15) is 0 Å². The van der Waals surface area contributed by atoms with Gasteiger partial charge in [-0.15, -0.1) is 11.8 Å². The number of aromatic nitrogens is 2. The van der Waals surface area contributed by atoms with Gasteiger partial charge in [0.1, 0.15) is 5.82 Å². The first-order valence-electron chi connectivity index (χ1n) is 4.02. The Balaban J connectivity index is 2.55. The van der Waals surface area contributed by atoms with Gasteiger partial charge in [0.2, 0.25) is 0 Å². The molecule has 2 heterocycles. The highest BCUT2D eigenvalue weighted by atomic mass is 32.2. The second-order valence-corrected chi connectivity index (χ2v) is 4.52. The molecule has 72 valence electrons. The number of hydrogen-bond acceptors (Lipinski definition) is 5. The molecule has 2 N–H and O–H groups in total. The first kappa shape index (κ1) is 9.48. The maximum atomic E-state index is 5.81. The maximum Gasteiger partial charge on any atom is 0.146 e. The third-order valence-corrected chi connectivity index (χ3v) is 3.78. The van der Waals surface area contributed by atoms with Crippen LogP contribution in [0.1, 0.15) is 0 Å². The highest BCUT2D eigenvalue weighted by Crippen LogP contribution is 2.37. The van der Waals surface area contributed by atoms with E-state index in [2.05, 4.69) is 9.36 Å². The first-order valence-corrected chi connectivity index (χ1v) is 6.02. The summed E-state index contributed by atoms with van der Waals surface area (Å²) in [5.74, 6) is 0.590. The molecule has 0 fully saturated rings. The van der Waals surface area contributed by atoms with Crippen molar-refractivity contribution < 1.29 is 0 Å². The Kier molecular flexibility index (Phi) is 2.69. The van der Waals surface area contributed by atoms with Gasteiger partial charge in [-0.1, -0.05) is 6.07 Å². The molecule has 0 aliphatic rings. The molecular formula is C9H9N3S2. The van der Waals surface area contributed by atoms with Gasteiger partial charge in [0.05, 0.1) is 9.77 Å². The van der Waals surface area contributed by atoms with Gasteiger partial charge in [-0.05, 0) is 23.9 Å². The summed E-state index contributed by atoms with van der Waals surface area (Å²) in [4.78, 5) is 4.07. The average Bonchev–Trinajstić information content (AvgIpc) is 2.61. The van der Waals surface area contributed by atoms with Gasteiger partial charge < -0.3 is 5.73 Å². The summed E-state index contributed by atoms with van der Waals surface area (Å²) >= 11 is 3.09. The highest BCUT2D eigenvalue weighted by molar-refractivity contribution is 8.00. The molecule has 0 radical (unpaired) electrons. The number of pyridine rings is 1. The summed E-state index contributed by atoms with van der Waals surface area (Å²) in [5.41, 5.74) is 7.85. The molecule has 0 saturated heterocycles. The predicted molar refractivity (Wildman–Crippen MR) is 61.5 cm³/mol. The minimum absolute atomic E-state index is 0.590. The Morgan fingerprint density at radius 2 is 2.36 bits per heavy atom. The van der Waals surface area contributed by atoms with Gasteiger partial charge in [-0.2, -0.15) is 4.37 Å². The second-order valence-electron chi connectivity index (χ2n) is 2.68. The van der Waals surface area contributed by atoms with Gasteiger partial charge in [0.25, 0.3) is 0 Å². The summed E-state index contributed by atoms with van der Waals surface area (Å²) in [5, 5.41) is 0. The van der Waals surface area contributed by atoms with Crippen molar-refractivity contribution in [3.63, 3.8) is 0 Å². The van der Waals surface area contributed by atoms with Crippen LogP contribution in [0.15, 0.2) is 28.7 Å². The molecule has 3 nitrogen and oxygen atoms in total. The van der Waals surface area contributed by atoms with Gasteiger partial charge >= 0.3 is 0 Å². The van der Waals surface area contributed by atoms with Crippen LogP contribution in [0.5, 0.6) is 0 Å². The van der Waals surface area contributed by atoms with Crippen LogP contribution in [0.4, 0.5) is 5.82 Å². The first-order chi connectivity index (χ1) is 6.83. The molecule has 2 rings (SSSR count). The summed E-state index contributed by atoms with van der Waals surface area (Å²) < 4.78 is 5.27. The zero-order chi connectivity index (χ0) is 9.97. The lowest BCUT2D eigenvalue weighted by Gasteiger charge is -2.00. The number of nitrogen functional groups attached to an aromatic ring is 1. The summed E-state index contributed by atoms with van der Waals surface area (Å²) in [6, 6.07) is 3.89. The lowest BCUT2D eigenvalue weighted by Crippen LogP contribution is -1.88. The summed E-state index contributed by atoms with van der Waals surface area (Å²) in [6.45, 7) is 0. The van der Waals surface area contributed by atoms with Gasteiger partial charge in [0, 0.05) is 18.0 Å². The predicted octanol–water partition coefficient (Wildman–Crippen LogP) is 2.51. The van der Waals surface area contributed by atoms with E-state index in [-0.39, 0.29) is 0 Å². The van der Waals surface area contributed by atoms with Crippen LogP contribution >= 0.6 is 23.3 Å². The Morgan fingerprint density at radius 3 is 3.00 bits per heavy atom. The van der Waals surface area contributed by atoms with Crippen molar-refractivity contribution in [2.24, 2.45) is 0 Å². The minimum Gasteiger partial charge on any atom is -0.382 e. The molecule has 0 bridgehead atoms. The number of nitrogens with zero attached hydrogens (tertiary/aromatic N) is 2. The maximum absolute atomic E-state index is 5.81. The normalized spacial score (nSPS) is 10.4. The lowest BCUT2D eigenvalue weighted by atomic mass is 10.1. The summed E-state index contributed by atoms with van der Waals surface area (Å²) in [6.07, 6.45) is 5.57. The molecule has 0 atom stereocenters. The standard InChI is InChI=1S/C9H9N3S2/c1-13-9-7(8(10)12-14-9)6-3-2-4-11-5-6/h2-5H,1H3,(H2,10,12). The molecule has 14 heavy (non-hydrogen) atoms. The van der Waals surface area contributed by atoms with Crippen LogP contribution in [0.25, 0.3) is 11.1 Å². The number of rotatable bonds is 2. The Bertz CT molecular complexity index is 425. The second kappa shape index (κ2) is 3.98. The Labute approximate surface area is 90.5 Å². The molecule has 0 saturated carbocycles. The SMILES string of the molecule is CSc1snc(N)c1-c1cccnc1. The zero-order valence-electron chi connectivity index (χ0n) is 7.60. The van der Waals surface area contributed by atoms with E-state index in [0.29, 0.717) is 5.82 Å². The summed E-state index contributed by atoms with van der Waals surface area (Å²) in [7, 11) is 0. The fraction of sp³-hybridized carbons (Fsp3) is 0.111. The third kappa shape index (κ3) is 1.60. The molecule has 0 aromatic carbocycles. The van der Waals surface area contributed by atoms with E-state index in [1.807, 2.05) is 18.4 Å². The van der Waals surface area contributed by atoms with Gasteiger partial charge in [-0.25, -0.2) is 0 Å². The van der Waals surface area contributed by atoms with Crippen LogP contribution in [0.3, 0.4) is 0 Å². The van der Waals surface area contributed by atoms with E-state index >= 15 is 0 Å². The van der Waals surface area contributed by atoms with Crippen molar-refractivity contribution in [1.82, 2.24) is 9.36 Å². The van der Waals surface area contributed by atoms with Crippen molar-refractivity contribution in [1.29, 1.82) is 0 Å². The van der Waals surface area contributed by atoms with Crippen LogP contribution in [-0.2, 0) is 0 Å². The molecule has 2 aromatic heterocycles. The fourth-order valence-electron chi connectivity index (χ4n) is 1.20. The fourth-order valence-corrected chi connectivity index (χ4v) is 2.62. The molecular weight excluding hydrogens is 214 g/mol. The van der Waals surface area contributed by atoms with E-state index in [1.165, 1.54) is 11.5 Å². The third-order valence-electron chi connectivity index (χ3n) is 1.82. The van der Waals surface area contributed by atoms with Crippen molar-refractivity contribution in [2.45, 2.75) is 4.21 Å². The monoisotopic (exact) mass is 223 g/mol. The molecule has 5 heteroatoms. The van der Waals surface area contributed by atoms with Crippen molar-refractivity contribution in [3.8, 4) is 11.1 Å². The number of thioether (sulfide) groups is 1. The molecule has 0 unspecified atom stereocenters. The van der Waals surface area contributed by atoms with Crippen molar-refractivity contribution in [3.05, 3.63) is 24.5 Å². The van der Waals surface area contributed by atoms with E-state index in [1.54, 1.807) is 24.2 Å². The van der Waals surface area contributed by atoms with Gasteiger partial charge in [-0.3, -0.25) is 4.98 Å². The number of hydrogen-bond donors (Lipinski definition) is 1. The Hall–Kier alpha value is -1.07. The van der Waals surface area contributed by atoms with Crippen molar-refractivity contribution in [2.75, 3.05) is 12.0 Å². The zero-order valence-corrected chi connectivity index (χ0v) is 9.23. The molecule has 0 amide bonds. The molecule has 2 aromatic rings. The Morgan fingerprint density at radius 1 is 1.50 bits per heavy atom.